The number of pyridine rings is 1. The molecule has 3 heterocycles. The number of benzene rings is 1. The largest absolute Gasteiger partial charge is 0.304 e. The van der Waals surface area contributed by atoms with E-state index in [4.69, 9.17) is 9.98 Å². The van der Waals surface area contributed by atoms with Crippen molar-refractivity contribution in [1.82, 2.24) is 19.4 Å². The van der Waals surface area contributed by atoms with Crippen molar-refractivity contribution in [2.75, 3.05) is 14.1 Å². The van der Waals surface area contributed by atoms with Gasteiger partial charge in [-0.2, -0.15) is 0 Å². The van der Waals surface area contributed by atoms with Crippen LogP contribution in [0, 0.1) is 6.92 Å². The molecule has 0 bridgehead atoms. The maximum absolute atomic E-state index is 4.87. The van der Waals surface area contributed by atoms with Crippen LogP contribution in [0.15, 0.2) is 53.7 Å². The molecule has 1 aliphatic heterocycles. The molecule has 5 heteroatoms. The average molecular weight is 331 g/mol. The van der Waals surface area contributed by atoms with E-state index >= 15 is 0 Å². The second-order valence-electron chi connectivity index (χ2n) is 6.53. The van der Waals surface area contributed by atoms with E-state index in [1.807, 2.05) is 24.4 Å². The van der Waals surface area contributed by atoms with Gasteiger partial charge in [-0.3, -0.25) is 14.5 Å². The molecule has 0 saturated heterocycles. The van der Waals surface area contributed by atoms with Crippen LogP contribution in [0.2, 0.25) is 0 Å². The van der Waals surface area contributed by atoms with Gasteiger partial charge in [0.2, 0.25) is 0 Å². The van der Waals surface area contributed by atoms with Crippen molar-refractivity contribution >= 4 is 5.71 Å². The van der Waals surface area contributed by atoms with Crippen molar-refractivity contribution in [3.05, 3.63) is 77.1 Å². The summed E-state index contributed by atoms with van der Waals surface area (Å²) in [5.74, 6) is 0.979. The van der Waals surface area contributed by atoms with Gasteiger partial charge in [-0.15, -0.1) is 0 Å². The molecule has 0 aliphatic carbocycles. The Kier molecular flexibility index (Phi) is 3.93. The molecule has 4 rings (SSSR count). The third-order valence-corrected chi connectivity index (χ3v) is 4.39. The van der Waals surface area contributed by atoms with Crippen molar-refractivity contribution in [3.8, 4) is 5.69 Å². The van der Waals surface area contributed by atoms with Crippen molar-refractivity contribution in [1.29, 1.82) is 0 Å². The van der Waals surface area contributed by atoms with Crippen LogP contribution in [0.5, 0.6) is 0 Å². The minimum absolute atomic E-state index is 0.550. The summed E-state index contributed by atoms with van der Waals surface area (Å²) in [5.41, 5.74) is 6.32. The average Bonchev–Trinajstić information content (AvgIpc) is 2.82. The molecule has 0 saturated carbocycles. The fourth-order valence-corrected chi connectivity index (χ4v) is 3.33. The van der Waals surface area contributed by atoms with Crippen molar-refractivity contribution < 1.29 is 0 Å². The third-order valence-electron chi connectivity index (χ3n) is 4.39. The first-order chi connectivity index (χ1) is 12.1. The Morgan fingerprint density at radius 2 is 1.88 bits per heavy atom. The Balaban J connectivity index is 1.94. The third kappa shape index (κ3) is 2.76. The van der Waals surface area contributed by atoms with E-state index in [1.165, 1.54) is 5.69 Å². The van der Waals surface area contributed by atoms with Crippen LogP contribution in [0.4, 0.5) is 0 Å². The van der Waals surface area contributed by atoms with E-state index in [1.54, 1.807) is 0 Å². The molecule has 0 unspecified atom stereocenters. The van der Waals surface area contributed by atoms with Crippen LogP contribution in [0.1, 0.15) is 28.5 Å². The molecule has 0 radical (unpaired) electrons. The summed E-state index contributed by atoms with van der Waals surface area (Å²) in [4.78, 5) is 16.3. The van der Waals surface area contributed by atoms with Gasteiger partial charge in [0.15, 0.2) is 0 Å². The molecule has 126 valence electrons. The van der Waals surface area contributed by atoms with Crippen molar-refractivity contribution in [2.45, 2.75) is 20.0 Å². The van der Waals surface area contributed by atoms with Gasteiger partial charge in [-0.1, -0.05) is 24.3 Å². The summed E-state index contributed by atoms with van der Waals surface area (Å²) in [6.45, 7) is 3.47. The molecule has 2 aromatic heterocycles. The Bertz CT molecular complexity index is 938. The molecular formula is C20H21N5. The molecule has 5 nitrogen and oxygen atoms in total. The quantitative estimate of drug-likeness (QED) is 0.741. The molecule has 0 spiro atoms. The zero-order valence-corrected chi connectivity index (χ0v) is 14.8. The molecule has 3 aromatic rings. The first-order valence-electron chi connectivity index (χ1n) is 8.42. The number of imidazole rings is 1. The SMILES string of the molecule is Cc1nc2n(c1CN(C)C)-c1ccccc1C(c1ccccn1)=NC2. The van der Waals surface area contributed by atoms with E-state index in [0.29, 0.717) is 6.54 Å². The Morgan fingerprint density at radius 3 is 2.64 bits per heavy atom. The van der Waals surface area contributed by atoms with Gasteiger partial charge in [0.05, 0.1) is 35.0 Å². The Morgan fingerprint density at radius 1 is 1.08 bits per heavy atom. The highest BCUT2D eigenvalue weighted by Gasteiger charge is 2.23. The van der Waals surface area contributed by atoms with E-state index in [-0.39, 0.29) is 0 Å². The number of nitrogens with zero attached hydrogens (tertiary/aromatic N) is 5. The molecule has 0 amide bonds. The highest BCUT2D eigenvalue weighted by atomic mass is 15.2. The van der Waals surface area contributed by atoms with E-state index in [0.717, 1.165) is 40.7 Å². The molecule has 0 fully saturated rings. The maximum Gasteiger partial charge on any atom is 0.135 e. The molecule has 25 heavy (non-hydrogen) atoms. The highest BCUT2D eigenvalue weighted by Crippen LogP contribution is 2.27. The second kappa shape index (κ2) is 6.26. The van der Waals surface area contributed by atoms with Gasteiger partial charge in [0.25, 0.3) is 0 Å². The summed E-state index contributed by atoms with van der Waals surface area (Å²) in [6, 6.07) is 14.3. The number of hydrogen-bond acceptors (Lipinski definition) is 4. The summed E-state index contributed by atoms with van der Waals surface area (Å²) < 4.78 is 2.27. The van der Waals surface area contributed by atoms with E-state index in [2.05, 4.69) is 59.7 Å². The monoisotopic (exact) mass is 331 g/mol. The van der Waals surface area contributed by atoms with Crippen LogP contribution in [-0.4, -0.2) is 39.2 Å². The summed E-state index contributed by atoms with van der Waals surface area (Å²) in [6.07, 6.45) is 1.81. The number of para-hydroxylation sites is 1. The Hall–Kier alpha value is -2.79. The van der Waals surface area contributed by atoms with Crippen molar-refractivity contribution in [3.63, 3.8) is 0 Å². The first kappa shape index (κ1) is 15.7. The van der Waals surface area contributed by atoms with Crippen LogP contribution in [0.25, 0.3) is 5.69 Å². The summed E-state index contributed by atoms with van der Waals surface area (Å²) >= 11 is 0. The van der Waals surface area contributed by atoms with E-state index < -0.39 is 0 Å². The topological polar surface area (TPSA) is 46.3 Å². The smallest absolute Gasteiger partial charge is 0.135 e. The standard InChI is InChI=1S/C20H21N5/c1-14-18(13-24(2)3)25-17-10-5-4-8-15(17)20(22-12-19(25)23-14)16-9-6-7-11-21-16/h4-11H,12-13H2,1-3H3. The lowest BCUT2D eigenvalue weighted by Crippen LogP contribution is -2.16. The highest BCUT2D eigenvalue weighted by molar-refractivity contribution is 6.14. The summed E-state index contributed by atoms with van der Waals surface area (Å²) in [7, 11) is 4.16. The normalized spacial score (nSPS) is 13.2. The number of aromatic nitrogens is 3. The van der Waals surface area contributed by atoms with Crippen LogP contribution in [-0.2, 0) is 13.1 Å². The van der Waals surface area contributed by atoms with Gasteiger partial charge in [-0.05, 0) is 39.2 Å². The zero-order chi connectivity index (χ0) is 17.4. The lowest BCUT2D eigenvalue weighted by molar-refractivity contribution is 0.392. The molecular weight excluding hydrogens is 310 g/mol. The van der Waals surface area contributed by atoms with Gasteiger partial charge in [0.1, 0.15) is 5.82 Å². The van der Waals surface area contributed by atoms with Gasteiger partial charge >= 0.3 is 0 Å². The van der Waals surface area contributed by atoms with Gasteiger partial charge in [-0.25, -0.2) is 4.98 Å². The number of aryl methyl sites for hydroxylation is 1. The van der Waals surface area contributed by atoms with Crippen LogP contribution in [0.3, 0.4) is 0 Å². The maximum atomic E-state index is 4.87. The van der Waals surface area contributed by atoms with Crippen molar-refractivity contribution in [2.24, 2.45) is 4.99 Å². The number of aliphatic imine (C=N–C) groups is 1. The van der Waals surface area contributed by atoms with E-state index in [9.17, 15) is 0 Å². The predicted molar refractivity (Wildman–Crippen MR) is 99.3 cm³/mol. The minimum atomic E-state index is 0.550. The lowest BCUT2D eigenvalue weighted by Gasteiger charge is -2.17. The minimum Gasteiger partial charge on any atom is -0.304 e. The lowest BCUT2D eigenvalue weighted by atomic mass is 10.0. The zero-order valence-electron chi connectivity index (χ0n) is 14.8. The fourth-order valence-electron chi connectivity index (χ4n) is 3.33. The number of fused-ring (bicyclic) bond motifs is 3. The van der Waals surface area contributed by atoms with Crippen LogP contribution >= 0.6 is 0 Å². The molecule has 0 N–H and O–H groups in total. The van der Waals surface area contributed by atoms with Gasteiger partial charge in [0, 0.05) is 18.3 Å². The summed E-state index contributed by atoms with van der Waals surface area (Å²) in [5, 5.41) is 0. The fraction of sp³-hybridized carbons (Fsp3) is 0.250. The molecule has 0 atom stereocenters. The predicted octanol–water partition coefficient (Wildman–Crippen LogP) is 2.99. The second-order valence-corrected chi connectivity index (χ2v) is 6.53. The van der Waals surface area contributed by atoms with Crippen LogP contribution < -0.4 is 0 Å². The molecule has 1 aromatic carbocycles. The number of rotatable bonds is 3. The molecule has 1 aliphatic rings. The number of hydrogen-bond donors (Lipinski definition) is 0. The first-order valence-corrected chi connectivity index (χ1v) is 8.42. The van der Waals surface area contributed by atoms with Gasteiger partial charge < -0.3 is 4.90 Å². The Labute approximate surface area is 147 Å².